The zero-order chi connectivity index (χ0) is 20.6. The molecule has 8 heteroatoms. The van der Waals surface area contributed by atoms with Crippen molar-refractivity contribution in [3.8, 4) is 6.07 Å². The SMILES string of the molecule is N#Cc1ccc(NC(=O)CNc2ccccc2C(=O)NCc2ccco2)cc1Cl. The summed E-state index contributed by atoms with van der Waals surface area (Å²) in [5.41, 5.74) is 1.74. The third kappa shape index (κ3) is 5.37. The minimum atomic E-state index is -0.323. The minimum Gasteiger partial charge on any atom is -0.467 e. The quantitative estimate of drug-likeness (QED) is 0.551. The number of hydrogen-bond donors (Lipinski definition) is 3. The monoisotopic (exact) mass is 408 g/mol. The van der Waals surface area contributed by atoms with E-state index in [1.807, 2.05) is 6.07 Å². The second kappa shape index (κ2) is 9.44. The van der Waals surface area contributed by atoms with Crippen LogP contribution in [0.2, 0.25) is 5.02 Å². The van der Waals surface area contributed by atoms with E-state index in [4.69, 9.17) is 21.3 Å². The van der Waals surface area contributed by atoms with Crippen LogP contribution in [0.25, 0.3) is 0 Å². The lowest BCUT2D eigenvalue weighted by Crippen LogP contribution is -2.26. The number of nitrogens with one attached hydrogen (secondary N) is 3. The van der Waals surface area contributed by atoms with Crippen LogP contribution in [0.5, 0.6) is 0 Å². The lowest BCUT2D eigenvalue weighted by molar-refractivity contribution is -0.114. The summed E-state index contributed by atoms with van der Waals surface area (Å²) in [6.45, 7) is 0.209. The van der Waals surface area contributed by atoms with Gasteiger partial charge in [-0.05, 0) is 42.5 Å². The highest BCUT2D eigenvalue weighted by Crippen LogP contribution is 2.20. The fourth-order valence-electron chi connectivity index (χ4n) is 2.58. The van der Waals surface area contributed by atoms with E-state index in [0.717, 1.165) is 0 Å². The van der Waals surface area contributed by atoms with Crippen LogP contribution < -0.4 is 16.0 Å². The number of nitrogens with zero attached hydrogens (tertiary/aromatic N) is 1. The Bertz CT molecular complexity index is 1060. The second-order valence-electron chi connectivity index (χ2n) is 6.02. The van der Waals surface area contributed by atoms with Crippen molar-refractivity contribution in [2.45, 2.75) is 6.54 Å². The fraction of sp³-hybridized carbons (Fsp3) is 0.0952. The molecule has 1 aromatic heterocycles. The number of halogens is 1. The van der Waals surface area contributed by atoms with Gasteiger partial charge in [-0.15, -0.1) is 0 Å². The summed E-state index contributed by atoms with van der Waals surface area (Å²) in [6, 6.07) is 17.0. The van der Waals surface area contributed by atoms with Gasteiger partial charge in [0.1, 0.15) is 11.8 Å². The Morgan fingerprint density at radius 2 is 1.93 bits per heavy atom. The molecule has 0 spiro atoms. The van der Waals surface area contributed by atoms with Crippen molar-refractivity contribution in [2.75, 3.05) is 17.2 Å². The Balaban J connectivity index is 1.59. The first-order valence-electron chi connectivity index (χ1n) is 8.70. The highest BCUT2D eigenvalue weighted by molar-refractivity contribution is 6.32. The molecule has 3 N–H and O–H groups in total. The number of amides is 2. The molecule has 0 aliphatic rings. The van der Waals surface area contributed by atoms with Crippen LogP contribution in [-0.4, -0.2) is 18.4 Å². The first-order valence-corrected chi connectivity index (χ1v) is 9.07. The van der Waals surface area contributed by atoms with Crippen molar-refractivity contribution >= 4 is 34.8 Å². The van der Waals surface area contributed by atoms with Crippen molar-refractivity contribution in [1.82, 2.24) is 5.32 Å². The topological polar surface area (TPSA) is 107 Å². The molecule has 3 rings (SSSR count). The van der Waals surface area contributed by atoms with Crippen LogP contribution >= 0.6 is 11.6 Å². The Morgan fingerprint density at radius 3 is 2.66 bits per heavy atom. The summed E-state index contributed by atoms with van der Waals surface area (Å²) < 4.78 is 5.20. The van der Waals surface area contributed by atoms with E-state index in [1.54, 1.807) is 42.5 Å². The van der Waals surface area contributed by atoms with E-state index in [2.05, 4.69) is 16.0 Å². The number of hydrogen-bond acceptors (Lipinski definition) is 5. The number of carbonyl (C=O) groups is 2. The number of rotatable bonds is 7. The van der Waals surface area contributed by atoms with Crippen molar-refractivity contribution in [1.29, 1.82) is 5.26 Å². The molecule has 2 amide bonds. The van der Waals surface area contributed by atoms with Gasteiger partial charge in [0.15, 0.2) is 0 Å². The lowest BCUT2D eigenvalue weighted by Gasteiger charge is -2.12. The highest BCUT2D eigenvalue weighted by atomic mass is 35.5. The molecular weight excluding hydrogens is 392 g/mol. The van der Waals surface area contributed by atoms with Crippen LogP contribution in [0.4, 0.5) is 11.4 Å². The molecule has 0 unspecified atom stereocenters. The van der Waals surface area contributed by atoms with E-state index in [1.165, 1.54) is 18.4 Å². The van der Waals surface area contributed by atoms with Crippen LogP contribution in [0.15, 0.2) is 65.3 Å². The molecule has 0 bridgehead atoms. The Hall–Kier alpha value is -3.76. The lowest BCUT2D eigenvalue weighted by atomic mass is 10.1. The van der Waals surface area contributed by atoms with Crippen molar-refractivity contribution in [2.24, 2.45) is 0 Å². The van der Waals surface area contributed by atoms with Gasteiger partial charge in [0, 0.05) is 11.4 Å². The molecule has 0 saturated carbocycles. The van der Waals surface area contributed by atoms with E-state index < -0.39 is 0 Å². The maximum atomic E-state index is 12.5. The summed E-state index contributed by atoms with van der Waals surface area (Å²) in [7, 11) is 0. The first kappa shape index (κ1) is 20.0. The van der Waals surface area contributed by atoms with E-state index in [0.29, 0.717) is 28.3 Å². The van der Waals surface area contributed by atoms with Gasteiger partial charge < -0.3 is 20.4 Å². The van der Waals surface area contributed by atoms with Gasteiger partial charge in [-0.1, -0.05) is 23.7 Å². The fourth-order valence-corrected chi connectivity index (χ4v) is 2.80. The normalized spacial score (nSPS) is 10.1. The number of furan rings is 1. The number of nitriles is 1. The van der Waals surface area contributed by atoms with E-state index in [9.17, 15) is 9.59 Å². The summed E-state index contributed by atoms with van der Waals surface area (Å²) in [4.78, 5) is 24.7. The summed E-state index contributed by atoms with van der Waals surface area (Å²) in [6.07, 6.45) is 1.54. The highest BCUT2D eigenvalue weighted by Gasteiger charge is 2.12. The third-order valence-electron chi connectivity index (χ3n) is 3.99. The molecule has 0 saturated heterocycles. The molecule has 0 aliphatic carbocycles. The van der Waals surface area contributed by atoms with Crippen molar-refractivity contribution in [3.63, 3.8) is 0 Å². The van der Waals surface area contributed by atoms with Gasteiger partial charge in [-0.25, -0.2) is 0 Å². The Labute approximate surface area is 172 Å². The molecule has 0 radical (unpaired) electrons. The molecule has 2 aromatic carbocycles. The van der Waals surface area contributed by atoms with E-state index >= 15 is 0 Å². The van der Waals surface area contributed by atoms with Crippen molar-refractivity contribution < 1.29 is 14.0 Å². The third-order valence-corrected chi connectivity index (χ3v) is 4.30. The van der Waals surface area contributed by atoms with Gasteiger partial charge in [0.05, 0.1) is 35.5 Å². The smallest absolute Gasteiger partial charge is 0.253 e. The predicted octanol–water partition coefficient (Wildman–Crippen LogP) is 3.79. The Kier molecular flexibility index (Phi) is 6.51. The van der Waals surface area contributed by atoms with Crippen LogP contribution in [0, 0.1) is 11.3 Å². The zero-order valence-electron chi connectivity index (χ0n) is 15.2. The van der Waals surface area contributed by atoms with Crippen molar-refractivity contribution in [3.05, 3.63) is 82.8 Å². The second-order valence-corrected chi connectivity index (χ2v) is 6.42. The van der Waals surface area contributed by atoms with Crippen LogP contribution in [-0.2, 0) is 11.3 Å². The number of carbonyl (C=O) groups excluding carboxylic acids is 2. The van der Waals surface area contributed by atoms with Gasteiger partial charge in [-0.3, -0.25) is 9.59 Å². The minimum absolute atomic E-state index is 0.0555. The van der Waals surface area contributed by atoms with Gasteiger partial charge in [0.2, 0.25) is 5.91 Å². The first-order chi connectivity index (χ1) is 14.1. The van der Waals surface area contributed by atoms with Gasteiger partial charge >= 0.3 is 0 Å². The van der Waals surface area contributed by atoms with Crippen LogP contribution in [0.3, 0.4) is 0 Å². The standard InChI is InChI=1S/C21H17ClN4O3/c22-18-10-15(8-7-14(18)11-23)26-20(27)13-24-19-6-2-1-5-17(19)21(28)25-12-16-4-3-9-29-16/h1-10,24H,12-13H2,(H,25,28)(H,26,27). The molecular formula is C21H17ClN4O3. The number of para-hydroxylation sites is 1. The van der Waals surface area contributed by atoms with Gasteiger partial charge in [-0.2, -0.15) is 5.26 Å². The molecule has 146 valence electrons. The zero-order valence-corrected chi connectivity index (χ0v) is 16.0. The molecule has 0 aliphatic heterocycles. The summed E-state index contributed by atoms with van der Waals surface area (Å²) in [5, 5.41) is 17.6. The predicted molar refractivity (Wildman–Crippen MR) is 110 cm³/mol. The molecule has 29 heavy (non-hydrogen) atoms. The summed E-state index contributed by atoms with van der Waals surface area (Å²) in [5.74, 6) is 0.0320. The maximum Gasteiger partial charge on any atom is 0.253 e. The van der Waals surface area contributed by atoms with Gasteiger partial charge in [0.25, 0.3) is 5.91 Å². The van der Waals surface area contributed by atoms with E-state index in [-0.39, 0.29) is 29.9 Å². The van der Waals surface area contributed by atoms with Crippen LogP contribution in [0.1, 0.15) is 21.7 Å². The molecule has 0 fully saturated rings. The molecule has 3 aromatic rings. The summed E-state index contributed by atoms with van der Waals surface area (Å²) >= 11 is 5.97. The molecule has 0 atom stereocenters. The number of benzene rings is 2. The molecule has 1 heterocycles. The largest absolute Gasteiger partial charge is 0.467 e. The average Bonchev–Trinajstić information content (AvgIpc) is 3.24. The average molecular weight is 409 g/mol. The Morgan fingerprint density at radius 1 is 1.10 bits per heavy atom. The number of anilines is 2. The molecule has 7 nitrogen and oxygen atoms in total. The maximum absolute atomic E-state index is 12.5.